The van der Waals surface area contributed by atoms with Crippen LogP contribution in [0.4, 0.5) is 0 Å². The average Bonchev–Trinajstić information content (AvgIpc) is 2.58. The molecule has 16 heavy (non-hydrogen) atoms. The highest BCUT2D eigenvalue weighted by atomic mass is 16.7. The third kappa shape index (κ3) is 2.12. The molecule has 0 spiro atoms. The SMILES string of the molecule is OCC1OC(Oc2ncccn2)C(O)C1O. The van der Waals surface area contributed by atoms with E-state index in [-0.39, 0.29) is 6.01 Å². The van der Waals surface area contributed by atoms with Gasteiger partial charge in [-0.1, -0.05) is 0 Å². The molecule has 1 aromatic heterocycles. The molecule has 0 saturated carbocycles. The van der Waals surface area contributed by atoms with Gasteiger partial charge >= 0.3 is 6.01 Å². The van der Waals surface area contributed by atoms with Gasteiger partial charge in [-0.25, -0.2) is 9.97 Å². The van der Waals surface area contributed by atoms with Crippen LogP contribution >= 0.6 is 0 Å². The van der Waals surface area contributed by atoms with Crippen LogP contribution in [0.2, 0.25) is 0 Å². The molecule has 1 aliphatic rings. The summed E-state index contributed by atoms with van der Waals surface area (Å²) in [5.74, 6) is 0. The first kappa shape index (κ1) is 11.2. The van der Waals surface area contributed by atoms with Crippen molar-refractivity contribution in [2.75, 3.05) is 6.61 Å². The Kier molecular flexibility index (Phi) is 3.30. The number of aliphatic hydroxyl groups is 3. The maximum Gasteiger partial charge on any atom is 0.318 e. The number of hydrogen-bond acceptors (Lipinski definition) is 7. The molecule has 7 heteroatoms. The molecule has 0 aromatic carbocycles. The molecule has 1 fully saturated rings. The molecule has 0 bridgehead atoms. The van der Waals surface area contributed by atoms with Gasteiger partial charge in [0.05, 0.1) is 6.61 Å². The number of hydrogen-bond donors (Lipinski definition) is 3. The van der Waals surface area contributed by atoms with Crippen molar-refractivity contribution in [2.24, 2.45) is 0 Å². The normalized spacial score (nSPS) is 33.9. The van der Waals surface area contributed by atoms with Crippen LogP contribution in [-0.2, 0) is 4.74 Å². The fourth-order valence-electron chi connectivity index (χ4n) is 1.41. The maximum atomic E-state index is 9.55. The van der Waals surface area contributed by atoms with Gasteiger partial charge in [0.2, 0.25) is 6.29 Å². The van der Waals surface area contributed by atoms with Gasteiger partial charge in [0.25, 0.3) is 0 Å². The molecular weight excluding hydrogens is 216 g/mol. The van der Waals surface area contributed by atoms with Crippen molar-refractivity contribution < 1.29 is 24.8 Å². The highest BCUT2D eigenvalue weighted by molar-refractivity contribution is 4.96. The average molecular weight is 228 g/mol. The Hall–Kier alpha value is -1.28. The van der Waals surface area contributed by atoms with Gasteiger partial charge in [0, 0.05) is 12.4 Å². The van der Waals surface area contributed by atoms with E-state index >= 15 is 0 Å². The number of aliphatic hydroxyl groups excluding tert-OH is 3. The van der Waals surface area contributed by atoms with Gasteiger partial charge in [0.15, 0.2) is 0 Å². The zero-order valence-electron chi connectivity index (χ0n) is 8.30. The molecule has 88 valence electrons. The van der Waals surface area contributed by atoms with E-state index in [4.69, 9.17) is 14.6 Å². The second-order valence-corrected chi connectivity index (χ2v) is 3.36. The van der Waals surface area contributed by atoms with Crippen LogP contribution in [0.3, 0.4) is 0 Å². The highest BCUT2D eigenvalue weighted by Gasteiger charge is 2.44. The molecule has 1 saturated heterocycles. The summed E-state index contributed by atoms with van der Waals surface area (Å²) in [6.45, 7) is -0.395. The molecule has 4 unspecified atom stereocenters. The van der Waals surface area contributed by atoms with Crippen LogP contribution < -0.4 is 4.74 Å². The summed E-state index contributed by atoms with van der Waals surface area (Å²) in [7, 11) is 0. The zero-order chi connectivity index (χ0) is 11.5. The Bertz CT molecular complexity index is 336. The third-order valence-electron chi connectivity index (χ3n) is 2.26. The lowest BCUT2D eigenvalue weighted by atomic mass is 10.1. The molecule has 0 amide bonds. The van der Waals surface area contributed by atoms with Crippen molar-refractivity contribution >= 4 is 0 Å². The van der Waals surface area contributed by atoms with Gasteiger partial charge < -0.3 is 24.8 Å². The second-order valence-electron chi connectivity index (χ2n) is 3.36. The number of rotatable bonds is 3. The maximum absolute atomic E-state index is 9.55. The largest absolute Gasteiger partial charge is 0.430 e. The minimum Gasteiger partial charge on any atom is -0.430 e. The smallest absolute Gasteiger partial charge is 0.318 e. The molecule has 1 aromatic rings. The summed E-state index contributed by atoms with van der Waals surface area (Å²) in [5.41, 5.74) is 0. The summed E-state index contributed by atoms with van der Waals surface area (Å²) in [6.07, 6.45) is -1.40. The van der Waals surface area contributed by atoms with Crippen molar-refractivity contribution in [3.8, 4) is 6.01 Å². The van der Waals surface area contributed by atoms with Gasteiger partial charge in [-0.05, 0) is 6.07 Å². The Balaban J connectivity index is 2.01. The fraction of sp³-hybridized carbons (Fsp3) is 0.556. The first-order chi connectivity index (χ1) is 7.72. The fourth-order valence-corrected chi connectivity index (χ4v) is 1.41. The molecule has 2 rings (SSSR count). The zero-order valence-corrected chi connectivity index (χ0v) is 8.30. The van der Waals surface area contributed by atoms with Gasteiger partial charge in [-0.15, -0.1) is 0 Å². The lowest BCUT2D eigenvalue weighted by Gasteiger charge is -2.14. The van der Waals surface area contributed by atoms with Crippen molar-refractivity contribution in [2.45, 2.75) is 24.6 Å². The van der Waals surface area contributed by atoms with E-state index in [0.717, 1.165) is 0 Å². The van der Waals surface area contributed by atoms with Gasteiger partial charge in [-0.2, -0.15) is 0 Å². The molecular formula is C9H12N2O5. The van der Waals surface area contributed by atoms with E-state index in [0.29, 0.717) is 0 Å². The predicted octanol–water partition coefficient (Wildman–Crippen LogP) is -1.71. The monoisotopic (exact) mass is 228 g/mol. The third-order valence-corrected chi connectivity index (χ3v) is 2.26. The van der Waals surface area contributed by atoms with Crippen molar-refractivity contribution in [1.82, 2.24) is 9.97 Å². The lowest BCUT2D eigenvalue weighted by Crippen LogP contribution is -2.35. The molecule has 1 aliphatic heterocycles. The van der Waals surface area contributed by atoms with Crippen molar-refractivity contribution in [1.29, 1.82) is 0 Å². The summed E-state index contributed by atoms with van der Waals surface area (Å²) >= 11 is 0. The number of aromatic nitrogens is 2. The quantitative estimate of drug-likeness (QED) is 0.566. The number of nitrogens with zero attached hydrogens (tertiary/aromatic N) is 2. The Morgan fingerprint density at radius 1 is 1.25 bits per heavy atom. The number of ether oxygens (including phenoxy) is 2. The van der Waals surface area contributed by atoms with Crippen LogP contribution in [0, 0.1) is 0 Å². The van der Waals surface area contributed by atoms with E-state index in [1.807, 2.05) is 0 Å². The van der Waals surface area contributed by atoms with Crippen LogP contribution in [0.15, 0.2) is 18.5 Å². The summed E-state index contributed by atoms with van der Waals surface area (Å²) < 4.78 is 10.2. The second kappa shape index (κ2) is 4.71. The molecule has 7 nitrogen and oxygen atoms in total. The van der Waals surface area contributed by atoms with E-state index in [1.165, 1.54) is 12.4 Å². The standard InChI is InChI=1S/C9H12N2O5/c12-4-5-6(13)7(14)8(15-5)16-9-10-2-1-3-11-9/h1-3,5-8,12-14H,4H2. The molecule has 2 heterocycles. The van der Waals surface area contributed by atoms with Crippen LogP contribution in [0.1, 0.15) is 0 Å². The van der Waals surface area contributed by atoms with Gasteiger partial charge in [0.1, 0.15) is 18.3 Å². The summed E-state index contributed by atoms with van der Waals surface area (Å²) in [5, 5.41) is 27.9. The molecule has 4 atom stereocenters. The van der Waals surface area contributed by atoms with E-state index in [1.54, 1.807) is 6.07 Å². The van der Waals surface area contributed by atoms with E-state index in [2.05, 4.69) is 9.97 Å². The molecule has 0 aliphatic carbocycles. The van der Waals surface area contributed by atoms with Crippen LogP contribution in [-0.4, -0.2) is 56.5 Å². The highest BCUT2D eigenvalue weighted by Crippen LogP contribution is 2.22. The van der Waals surface area contributed by atoms with Crippen molar-refractivity contribution in [3.05, 3.63) is 18.5 Å². The van der Waals surface area contributed by atoms with E-state index in [9.17, 15) is 10.2 Å². The first-order valence-corrected chi connectivity index (χ1v) is 4.78. The topological polar surface area (TPSA) is 105 Å². The molecule has 0 radical (unpaired) electrons. The molecule has 3 N–H and O–H groups in total. The Morgan fingerprint density at radius 3 is 2.50 bits per heavy atom. The summed E-state index contributed by atoms with van der Waals surface area (Å²) in [6, 6.07) is 1.65. The van der Waals surface area contributed by atoms with Gasteiger partial charge in [-0.3, -0.25) is 0 Å². The van der Waals surface area contributed by atoms with Crippen LogP contribution in [0.25, 0.3) is 0 Å². The van der Waals surface area contributed by atoms with Crippen LogP contribution in [0.5, 0.6) is 6.01 Å². The first-order valence-electron chi connectivity index (χ1n) is 4.78. The minimum absolute atomic E-state index is 0.0392. The predicted molar refractivity (Wildman–Crippen MR) is 50.4 cm³/mol. The Morgan fingerprint density at radius 2 is 1.94 bits per heavy atom. The lowest BCUT2D eigenvalue weighted by molar-refractivity contribution is -0.120. The minimum atomic E-state index is -1.24. The van der Waals surface area contributed by atoms with E-state index < -0.39 is 31.2 Å². The van der Waals surface area contributed by atoms with Crippen molar-refractivity contribution in [3.63, 3.8) is 0 Å². The summed E-state index contributed by atoms with van der Waals surface area (Å²) in [4.78, 5) is 7.57. The Labute approximate surface area is 91.3 Å².